The van der Waals surface area contributed by atoms with Crippen molar-refractivity contribution >= 4 is 29.9 Å². The van der Waals surface area contributed by atoms with Crippen molar-refractivity contribution in [3.63, 3.8) is 0 Å². The van der Waals surface area contributed by atoms with Gasteiger partial charge >= 0.3 is 0 Å². The average molecular weight is 245 g/mol. The van der Waals surface area contributed by atoms with Gasteiger partial charge in [0.2, 0.25) is 0 Å². The zero-order valence-electron chi connectivity index (χ0n) is 8.78. The summed E-state index contributed by atoms with van der Waals surface area (Å²) in [6, 6.07) is 1.73. The van der Waals surface area contributed by atoms with Gasteiger partial charge in [0, 0.05) is 22.4 Å². The van der Waals surface area contributed by atoms with E-state index in [1.165, 1.54) is 11.3 Å². The van der Waals surface area contributed by atoms with E-state index in [1.54, 1.807) is 6.07 Å². The molecule has 0 saturated carbocycles. The monoisotopic (exact) mass is 245 g/mol. The molecule has 1 aromatic heterocycles. The normalized spacial score (nSPS) is 11.5. The number of amides is 1. The Hall–Kier alpha value is -0.520. The molecule has 1 amide bonds. The Balaban J connectivity index is 2.63. The maximum absolute atomic E-state index is 11.7. The number of carbonyl (C=O) groups excluding carboxylic acids is 1. The van der Waals surface area contributed by atoms with E-state index in [-0.39, 0.29) is 18.1 Å². The standard InChI is InChI=1S/C10H15NO2S2/c1-10(2,3-4-12)11-9(13)8-5-7(14)6-15-8/h5-6,12,14H,3-4H2,1-2H3,(H,11,13). The van der Waals surface area contributed by atoms with Crippen LogP contribution in [-0.4, -0.2) is 23.2 Å². The number of thiol groups is 1. The van der Waals surface area contributed by atoms with E-state index in [2.05, 4.69) is 17.9 Å². The highest BCUT2D eigenvalue weighted by atomic mass is 32.1. The summed E-state index contributed by atoms with van der Waals surface area (Å²) in [6.45, 7) is 3.84. The van der Waals surface area contributed by atoms with Gasteiger partial charge in [0.1, 0.15) is 0 Å². The molecule has 0 fully saturated rings. The molecule has 0 aliphatic heterocycles. The Kier molecular flexibility index (Phi) is 4.19. The van der Waals surface area contributed by atoms with E-state index < -0.39 is 0 Å². The lowest BCUT2D eigenvalue weighted by Gasteiger charge is -2.24. The summed E-state index contributed by atoms with van der Waals surface area (Å²) in [6.07, 6.45) is 0.540. The molecule has 0 saturated heterocycles. The third kappa shape index (κ3) is 3.85. The second kappa shape index (κ2) is 5.01. The Labute approximate surface area is 98.9 Å². The van der Waals surface area contributed by atoms with Gasteiger partial charge in [-0.3, -0.25) is 4.79 Å². The first kappa shape index (κ1) is 12.5. The van der Waals surface area contributed by atoms with Gasteiger partial charge < -0.3 is 10.4 Å². The zero-order valence-corrected chi connectivity index (χ0v) is 10.5. The third-order valence-corrected chi connectivity index (χ3v) is 3.36. The third-order valence-electron chi connectivity index (χ3n) is 2.00. The summed E-state index contributed by atoms with van der Waals surface area (Å²) < 4.78 is 0. The van der Waals surface area contributed by atoms with E-state index in [1.807, 2.05) is 19.2 Å². The van der Waals surface area contributed by atoms with E-state index in [0.29, 0.717) is 11.3 Å². The Morgan fingerprint density at radius 1 is 1.67 bits per heavy atom. The molecule has 1 rings (SSSR count). The Morgan fingerprint density at radius 2 is 2.33 bits per heavy atom. The molecule has 5 heteroatoms. The first-order chi connectivity index (χ1) is 6.94. The fourth-order valence-electron chi connectivity index (χ4n) is 1.16. The lowest BCUT2D eigenvalue weighted by atomic mass is 10.0. The van der Waals surface area contributed by atoms with Crippen molar-refractivity contribution in [1.29, 1.82) is 0 Å². The Morgan fingerprint density at radius 3 is 2.80 bits per heavy atom. The van der Waals surface area contributed by atoms with E-state index in [9.17, 15) is 4.79 Å². The van der Waals surface area contributed by atoms with Crippen LogP contribution in [0.3, 0.4) is 0 Å². The molecule has 0 unspecified atom stereocenters. The molecule has 2 N–H and O–H groups in total. The van der Waals surface area contributed by atoms with Crippen LogP contribution in [0.1, 0.15) is 29.9 Å². The fraction of sp³-hybridized carbons (Fsp3) is 0.500. The van der Waals surface area contributed by atoms with Crippen LogP contribution < -0.4 is 5.32 Å². The van der Waals surface area contributed by atoms with Gasteiger partial charge in [0.05, 0.1) is 4.88 Å². The molecule has 0 bridgehead atoms. The number of rotatable bonds is 4. The highest BCUT2D eigenvalue weighted by Gasteiger charge is 2.21. The van der Waals surface area contributed by atoms with E-state index in [4.69, 9.17) is 5.11 Å². The minimum Gasteiger partial charge on any atom is -0.396 e. The topological polar surface area (TPSA) is 49.3 Å². The molecule has 1 heterocycles. The minimum atomic E-state index is -0.382. The largest absolute Gasteiger partial charge is 0.396 e. The van der Waals surface area contributed by atoms with Crippen LogP contribution in [0.25, 0.3) is 0 Å². The van der Waals surface area contributed by atoms with Crippen molar-refractivity contribution in [3.8, 4) is 0 Å². The molecule has 0 aliphatic carbocycles. The highest BCUT2D eigenvalue weighted by molar-refractivity contribution is 7.80. The predicted octanol–water partition coefficient (Wildman–Crippen LogP) is 1.93. The molecule has 84 valence electrons. The van der Waals surface area contributed by atoms with Crippen molar-refractivity contribution in [2.24, 2.45) is 0 Å². The molecule has 1 aromatic rings. The molecule has 0 radical (unpaired) electrons. The lowest BCUT2D eigenvalue weighted by molar-refractivity contribution is 0.0903. The van der Waals surface area contributed by atoms with Crippen molar-refractivity contribution in [2.75, 3.05) is 6.61 Å². The zero-order chi connectivity index (χ0) is 11.5. The second-order valence-corrected chi connectivity index (χ2v) is 5.41. The maximum Gasteiger partial charge on any atom is 0.261 e. The number of hydrogen-bond acceptors (Lipinski definition) is 4. The number of nitrogens with one attached hydrogen (secondary N) is 1. The molecular weight excluding hydrogens is 230 g/mol. The van der Waals surface area contributed by atoms with Crippen molar-refractivity contribution in [2.45, 2.75) is 30.7 Å². The van der Waals surface area contributed by atoms with Gasteiger partial charge in [-0.1, -0.05) is 0 Å². The minimum absolute atomic E-state index is 0.0650. The van der Waals surface area contributed by atoms with Crippen LogP contribution in [0.4, 0.5) is 0 Å². The maximum atomic E-state index is 11.7. The number of thiophene rings is 1. The molecular formula is C10H15NO2S2. The number of aliphatic hydroxyl groups excluding tert-OH is 1. The number of hydrogen-bond donors (Lipinski definition) is 3. The summed E-state index contributed by atoms with van der Waals surface area (Å²) in [4.78, 5) is 13.2. The number of carbonyl (C=O) groups is 1. The summed E-state index contributed by atoms with van der Waals surface area (Å²) >= 11 is 5.51. The fourth-order valence-corrected chi connectivity index (χ4v) is 2.20. The molecule has 3 nitrogen and oxygen atoms in total. The van der Waals surface area contributed by atoms with Crippen LogP contribution in [0.15, 0.2) is 16.3 Å². The van der Waals surface area contributed by atoms with Gasteiger partial charge in [0.25, 0.3) is 5.91 Å². The quantitative estimate of drug-likeness (QED) is 0.710. The summed E-state index contributed by atoms with van der Waals surface area (Å²) in [5, 5.41) is 13.5. The Bertz CT molecular complexity index is 347. The van der Waals surface area contributed by atoms with Gasteiger partial charge in [-0.05, 0) is 26.3 Å². The van der Waals surface area contributed by atoms with Gasteiger partial charge in [0.15, 0.2) is 0 Å². The molecule has 0 aliphatic rings. The SMILES string of the molecule is CC(C)(CCO)NC(=O)c1cc(S)cs1. The second-order valence-electron chi connectivity index (χ2n) is 3.98. The molecule has 15 heavy (non-hydrogen) atoms. The molecule has 0 aromatic carbocycles. The van der Waals surface area contributed by atoms with Gasteiger partial charge in [-0.25, -0.2) is 0 Å². The first-order valence-electron chi connectivity index (χ1n) is 4.65. The summed E-state index contributed by atoms with van der Waals surface area (Å²) in [5.41, 5.74) is -0.382. The van der Waals surface area contributed by atoms with Crippen LogP contribution in [0.5, 0.6) is 0 Å². The van der Waals surface area contributed by atoms with Gasteiger partial charge in [-0.2, -0.15) is 0 Å². The first-order valence-corrected chi connectivity index (χ1v) is 5.98. The van der Waals surface area contributed by atoms with E-state index >= 15 is 0 Å². The lowest BCUT2D eigenvalue weighted by Crippen LogP contribution is -2.43. The average Bonchev–Trinajstić information content (AvgIpc) is 2.50. The van der Waals surface area contributed by atoms with Crippen LogP contribution in [-0.2, 0) is 0 Å². The van der Waals surface area contributed by atoms with Crippen molar-refractivity contribution in [1.82, 2.24) is 5.32 Å². The van der Waals surface area contributed by atoms with Crippen molar-refractivity contribution in [3.05, 3.63) is 16.3 Å². The van der Waals surface area contributed by atoms with Crippen LogP contribution in [0, 0.1) is 0 Å². The predicted molar refractivity (Wildman–Crippen MR) is 64.8 cm³/mol. The molecule has 0 atom stereocenters. The van der Waals surface area contributed by atoms with Crippen LogP contribution in [0.2, 0.25) is 0 Å². The number of aliphatic hydroxyl groups is 1. The summed E-state index contributed by atoms with van der Waals surface area (Å²) in [5.74, 6) is -0.112. The van der Waals surface area contributed by atoms with E-state index in [0.717, 1.165) is 4.90 Å². The van der Waals surface area contributed by atoms with Gasteiger partial charge in [-0.15, -0.1) is 24.0 Å². The van der Waals surface area contributed by atoms with Crippen molar-refractivity contribution < 1.29 is 9.90 Å². The highest BCUT2D eigenvalue weighted by Crippen LogP contribution is 2.18. The smallest absolute Gasteiger partial charge is 0.261 e. The van der Waals surface area contributed by atoms with Crippen LogP contribution >= 0.6 is 24.0 Å². The summed E-state index contributed by atoms with van der Waals surface area (Å²) in [7, 11) is 0. The molecule has 0 spiro atoms.